The zero-order valence-electron chi connectivity index (χ0n) is 14.4. The topological polar surface area (TPSA) is 32.7 Å². The predicted octanol–water partition coefficient (Wildman–Crippen LogP) is 3.68. The normalized spacial score (nSPS) is 17.6. The number of nitrogens with zero attached hydrogens (tertiary/aromatic N) is 1. The van der Waals surface area contributed by atoms with E-state index in [1.807, 2.05) is 24.3 Å². The molecule has 1 aliphatic heterocycles. The van der Waals surface area contributed by atoms with Gasteiger partial charge < -0.3 is 14.7 Å². The second-order valence-electron chi connectivity index (χ2n) is 6.72. The summed E-state index contributed by atoms with van der Waals surface area (Å²) < 4.78 is 5.17. The summed E-state index contributed by atoms with van der Waals surface area (Å²) in [6, 6.07) is 18.5. The molecular formula is C21H27NO2. The van der Waals surface area contributed by atoms with Crippen molar-refractivity contribution in [2.45, 2.75) is 25.4 Å². The summed E-state index contributed by atoms with van der Waals surface area (Å²) in [4.78, 5) is 2.39. The molecule has 0 saturated carbocycles. The average molecular weight is 325 g/mol. The van der Waals surface area contributed by atoms with Gasteiger partial charge in [-0.1, -0.05) is 42.5 Å². The van der Waals surface area contributed by atoms with Crippen molar-refractivity contribution in [3.05, 3.63) is 65.7 Å². The van der Waals surface area contributed by atoms with Gasteiger partial charge in [-0.25, -0.2) is 0 Å². The number of hydrogen-bond donors (Lipinski definition) is 1. The lowest BCUT2D eigenvalue weighted by Gasteiger charge is -2.33. The van der Waals surface area contributed by atoms with Gasteiger partial charge in [-0.05, 0) is 61.5 Å². The number of piperidine rings is 1. The number of rotatable bonds is 6. The Labute approximate surface area is 144 Å². The number of β-amino-alcohol motifs (C(OH)–C–C–N with tert-alkyl or cyclic N) is 1. The van der Waals surface area contributed by atoms with Gasteiger partial charge in [-0.2, -0.15) is 0 Å². The molecule has 0 bridgehead atoms. The molecule has 1 atom stereocenters. The first kappa shape index (κ1) is 17.0. The van der Waals surface area contributed by atoms with Crippen LogP contribution in [-0.2, 0) is 6.42 Å². The Bertz CT molecular complexity index is 603. The minimum absolute atomic E-state index is 0.429. The van der Waals surface area contributed by atoms with Crippen LogP contribution in [0.1, 0.15) is 30.1 Å². The van der Waals surface area contributed by atoms with Crippen molar-refractivity contribution < 1.29 is 9.84 Å². The Balaban J connectivity index is 1.46. The fourth-order valence-corrected chi connectivity index (χ4v) is 3.50. The zero-order chi connectivity index (χ0) is 16.8. The Hall–Kier alpha value is -1.84. The van der Waals surface area contributed by atoms with Crippen LogP contribution in [0.5, 0.6) is 5.75 Å². The van der Waals surface area contributed by atoms with Gasteiger partial charge in [0.25, 0.3) is 0 Å². The highest BCUT2D eigenvalue weighted by Crippen LogP contribution is 2.24. The van der Waals surface area contributed by atoms with Crippen LogP contribution in [0.25, 0.3) is 0 Å². The molecule has 2 aromatic carbocycles. The maximum absolute atomic E-state index is 10.5. The molecule has 0 spiro atoms. The third-order valence-corrected chi connectivity index (χ3v) is 5.01. The summed E-state index contributed by atoms with van der Waals surface area (Å²) in [7, 11) is 1.66. The number of likely N-dealkylation sites (tertiary alicyclic amines) is 1. The van der Waals surface area contributed by atoms with Crippen LogP contribution in [0, 0.1) is 5.92 Å². The van der Waals surface area contributed by atoms with Gasteiger partial charge in [0.2, 0.25) is 0 Å². The first-order valence-corrected chi connectivity index (χ1v) is 8.83. The van der Waals surface area contributed by atoms with Crippen molar-refractivity contribution in [3.63, 3.8) is 0 Å². The van der Waals surface area contributed by atoms with Crippen LogP contribution in [0.15, 0.2) is 54.6 Å². The lowest BCUT2D eigenvalue weighted by molar-refractivity contribution is 0.0893. The summed E-state index contributed by atoms with van der Waals surface area (Å²) in [6.07, 6.45) is 3.17. The van der Waals surface area contributed by atoms with Crippen LogP contribution in [0.2, 0.25) is 0 Å². The molecule has 0 aliphatic carbocycles. The highest BCUT2D eigenvalue weighted by Gasteiger charge is 2.21. The summed E-state index contributed by atoms with van der Waals surface area (Å²) in [5.41, 5.74) is 2.40. The third kappa shape index (κ3) is 4.59. The number of aliphatic hydroxyl groups excluding tert-OH is 1. The second-order valence-corrected chi connectivity index (χ2v) is 6.72. The lowest BCUT2D eigenvalue weighted by Crippen LogP contribution is -2.37. The Morgan fingerprint density at radius 1 is 1.04 bits per heavy atom. The van der Waals surface area contributed by atoms with E-state index < -0.39 is 6.10 Å². The molecule has 128 valence electrons. The van der Waals surface area contributed by atoms with Gasteiger partial charge in [0.05, 0.1) is 13.2 Å². The van der Waals surface area contributed by atoms with Gasteiger partial charge in [0.15, 0.2) is 0 Å². The van der Waals surface area contributed by atoms with E-state index in [0.717, 1.165) is 30.3 Å². The lowest BCUT2D eigenvalue weighted by atomic mass is 9.90. The van der Waals surface area contributed by atoms with Crippen LogP contribution in [0.4, 0.5) is 0 Å². The van der Waals surface area contributed by atoms with Crippen molar-refractivity contribution in [1.29, 1.82) is 0 Å². The van der Waals surface area contributed by atoms with Crippen molar-refractivity contribution in [2.24, 2.45) is 5.92 Å². The quantitative estimate of drug-likeness (QED) is 0.879. The molecule has 3 rings (SSSR count). The molecule has 0 aromatic heterocycles. The zero-order valence-corrected chi connectivity index (χ0v) is 14.4. The summed E-state index contributed by atoms with van der Waals surface area (Å²) in [5, 5.41) is 10.5. The molecule has 24 heavy (non-hydrogen) atoms. The largest absolute Gasteiger partial charge is 0.497 e. The van der Waals surface area contributed by atoms with Crippen molar-refractivity contribution in [1.82, 2.24) is 4.90 Å². The minimum atomic E-state index is -0.429. The Morgan fingerprint density at radius 2 is 1.71 bits per heavy atom. The Morgan fingerprint density at radius 3 is 2.33 bits per heavy atom. The maximum atomic E-state index is 10.5. The van der Waals surface area contributed by atoms with Gasteiger partial charge in [0.1, 0.15) is 5.75 Å². The first-order chi connectivity index (χ1) is 11.7. The fraction of sp³-hybridized carbons (Fsp3) is 0.429. The molecule has 1 aliphatic rings. The molecule has 0 amide bonds. The van der Waals surface area contributed by atoms with E-state index in [9.17, 15) is 5.11 Å². The smallest absolute Gasteiger partial charge is 0.118 e. The van der Waals surface area contributed by atoms with Crippen LogP contribution < -0.4 is 4.74 Å². The highest BCUT2D eigenvalue weighted by atomic mass is 16.5. The predicted molar refractivity (Wildman–Crippen MR) is 97.3 cm³/mol. The van der Waals surface area contributed by atoms with E-state index in [-0.39, 0.29) is 0 Å². The maximum Gasteiger partial charge on any atom is 0.118 e. The van der Waals surface area contributed by atoms with Crippen LogP contribution in [-0.4, -0.2) is 36.8 Å². The number of aliphatic hydroxyl groups is 1. The summed E-state index contributed by atoms with van der Waals surface area (Å²) in [5.74, 6) is 1.59. The third-order valence-electron chi connectivity index (χ3n) is 5.01. The van der Waals surface area contributed by atoms with E-state index in [0.29, 0.717) is 6.54 Å². The molecule has 3 nitrogen and oxygen atoms in total. The number of hydrogen-bond acceptors (Lipinski definition) is 3. The second kappa shape index (κ2) is 8.32. The van der Waals surface area contributed by atoms with Gasteiger partial charge in [-0.15, -0.1) is 0 Å². The molecule has 0 radical (unpaired) electrons. The van der Waals surface area contributed by atoms with E-state index in [1.165, 1.54) is 24.8 Å². The highest BCUT2D eigenvalue weighted by molar-refractivity contribution is 5.28. The van der Waals surface area contributed by atoms with Crippen molar-refractivity contribution >= 4 is 0 Å². The first-order valence-electron chi connectivity index (χ1n) is 8.83. The van der Waals surface area contributed by atoms with Crippen molar-refractivity contribution in [2.75, 3.05) is 26.7 Å². The molecule has 1 unspecified atom stereocenters. The van der Waals surface area contributed by atoms with E-state index in [2.05, 4.69) is 35.2 Å². The van der Waals surface area contributed by atoms with E-state index >= 15 is 0 Å². The monoisotopic (exact) mass is 325 g/mol. The standard InChI is InChI=1S/C21H27NO2/c1-24-20-9-7-19(8-10-20)21(23)16-22-13-11-18(12-14-22)15-17-5-3-2-4-6-17/h2-10,18,21,23H,11-16H2,1H3. The number of methoxy groups -OCH3 is 1. The summed E-state index contributed by atoms with van der Waals surface area (Å²) >= 11 is 0. The van der Waals surface area contributed by atoms with Crippen LogP contribution in [0.3, 0.4) is 0 Å². The fourth-order valence-electron chi connectivity index (χ4n) is 3.50. The van der Waals surface area contributed by atoms with Crippen molar-refractivity contribution in [3.8, 4) is 5.75 Å². The number of benzene rings is 2. The Kier molecular flexibility index (Phi) is 5.89. The molecular weight excluding hydrogens is 298 g/mol. The number of ether oxygens (including phenoxy) is 1. The minimum Gasteiger partial charge on any atom is -0.497 e. The van der Waals surface area contributed by atoms with Gasteiger partial charge >= 0.3 is 0 Å². The summed E-state index contributed by atoms with van der Waals surface area (Å²) in [6.45, 7) is 2.86. The molecule has 2 aromatic rings. The van der Waals surface area contributed by atoms with E-state index in [4.69, 9.17) is 4.74 Å². The van der Waals surface area contributed by atoms with Gasteiger partial charge in [0, 0.05) is 6.54 Å². The molecule has 1 saturated heterocycles. The molecule has 1 heterocycles. The average Bonchev–Trinajstić information content (AvgIpc) is 2.64. The SMILES string of the molecule is COc1ccc(C(O)CN2CCC(Cc3ccccc3)CC2)cc1. The molecule has 3 heteroatoms. The van der Waals surface area contributed by atoms with Gasteiger partial charge in [-0.3, -0.25) is 0 Å². The molecule has 1 N–H and O–H groups in total. The molecule has 1 fully saturated rings. The van der Waals surface area contributed by atoms with Crippen LogP contribution >= 0.6 is 0 Å². The van der Waals surface area contributed by atoms with E-state index in [1.54, 1.807) is 7.11 Å².